The van der Waals surface area contributed by atoms with Gasteiger partial charge in [-0.25, -0.2) is 0 Å². The van der Waals surface area contributed by atoms with Gasteiger partial charge in [-0.2, -0.15) is 0 Å². The van der Waals surface area contributed by atoms with E-state index in [2.05, 4.69) is 10.9 Å². The number of ketones is 1. The minimum absolute atomic E-state index is 0.0724. The Bertz CT molecular complexity index is 827. The van der Waals surface area contributed by atoms with E-state index < -0.39 is 10.8 Å². The summed E-state index contributed by atoms with van der Waals surface area (Å²) in [7, 11) is 0. The number of hydrazine groups is 1. The molecule has 0 radical (unpaired) electrons. The summed E-state index contributed by atoms with van der Waals surface area (Å²) < 4.78 is 0. The molecule has 25 heavy (non-hydrogen) atoms. The van der Waals surface area contributed by atoms with E-state index in [0.29, 0.717) is 22.5 Å². The maximum atomic E-state index is 12.1. The van der Waals surface area contributed by atoms with Crippen LogP contribution in [0, 0.1) is 10.1 Å². The molecule has 0 aliphatic carbocycles. The van der Waals surface area contributed by atoms with E-state index in [4.69, 9.17) is 5.73 Å². The van der Waals surface area contributed by atoms with Crippen LogP contribution in [0.25, 0.3) is 5.70 Å². The lowest BCUT2D eigenvalue weighted by Crippen LogP contribution is -2.36. The Morgan fingerprint density at radius 2 is 1.56 bits per heavy atom. The number of hydrogen-bond donors (Lipinski definition) is 3. The smallest absolute Gasteiger partial charge is 0.269 e. The van der Waals surface area contributed by atoms with Crippen LogP contribution in [-0.2, 0) is 4.79 Å². The highest BCUT2D eigenvalue weighted by Crippen LogP contribution is 2.17. The van der Waals surface area contributed by atoms with Crippen LogP contribution in [0.1, 0.15) is 22.8 Å². The molecule has 0 saturated heterocycles. The molecule has 0 aliphatic rings. The second-order valence-electron chi connectivity index (χ2n) is 5.17. The quantitative estimate of drug-likeness (QED) is 0.319. The van der Waals surface area contributed by atoms with Crippen molar-refractivity contribution < 1.29 is 14.5 Å². The zero-order chi connectivity index (χ0) is 18.4. The number of nitrogens with one attached hydrogen (secondary N) is 2. The van der Waals surface area contributed by atoms with Crippen molar-refractivity contribution in [3.8, 4) is 0 Å². The van der Waals surface area contributed by atoms with Crippen LogP contribution in [0.3, 0.4) is 0 Å². The van der Waals surface area contributed by atoms with Crippen molar-refractivity contribution in [2.45, 2.75) is 6.92 Å². The number of nitrogens with two attached hydrogens (primary N) is 1. The number of carbonyl (C=O) groups is 2. The highest BCUT2D eigenvalue weighted by molar-refractivity contribution is 5.97. The molecule has 2 aromatic carbocycles. The van der Waals surface area contributed by atoms with Gasteiger partial charge in [0, 0.05) is 35.0 Å². The average Bonchev–Trinajstić information content (AvgIpc) is 2.58. The molecule has 0 aromatic heterocycles. The molecule has 8 nitrogen and oxygen atoms in total. The molecular weight excluding hydrogens is 324 g/mol. The van der Waals surface area contributed by atoms with Crippen molar-refractivity contribution in [3.63, 3.8) is 0 Å². The Kier molecular flexibility index (Phi) is 5.47. The summed E-state index contributed by atoms with van der Waals surface area (Å²) in [6, 6.07) is 11.9. The van der Waals surface area contributed by atoms with Crippen LogP contribution in [-0.4, -0.2) is 16.6 Å². The van der Waals surface area contributed by atoms with Gasteiger partial charge >= 0.3 is 0 Å². The number of nitrogens with zero attached hydrogens (tertiary/aromatic N) is 1. The number of nitrogen functional groups attached to an aromatic ring is 1. The van der Waals surface area contributed by atoms with E-state index in [-0.39, 0.29) is 11.5 Å². The normalized spacial score (nSPS) is 10.8. The lowest BCUT2D eigenvalue weighted by molar-refractivity contribution is -0.384. The van der Waals surface area contributed by atoms with Crippen molar-refractivity contribution >= 4 is 28.8 Å². The van der Waals surface area contributed by atoms with E-state index in [1.165, 1.54) is 37.3 Å². The first-order valence-electron chi connectivity index (χ1n) is 7.26. The number of benzene rings is 2. The standard InChI is InChI=1S/C17H16N4O4/c1-11(22)10-16(12-4-8-15(9-5-12)21(24)25)19-20-17(23)13-2-6-14(18)7-3-13/h2-10,19H,18H2,1H3,(H,20,23). The molecule has 0 fully saturated rings. The highest BCUT2D eigenvalue weighted by atomic mass is 16.6. The molecule has 128 valence electrons. The predicted molar refractivity (Wildman–Crippen MR) is 93.2 cm³/mol. The Morgan fingerprint density at radius 1 is 1.00 bits per heavy atom. The lowest BCUT2D eigenvalue weighted by Gasteiger charge is -2.12. The zero-order valence-electron chi connectivity index (χ0n) is 13.4. The molecule has 0 saturated carbocycles. The van der Waals surface area contributed by atoms with Crippen LogP contribution in [0.2, 0.25) is 0 Å². The lowest BCUT2D eigenvalue weighted by atomic mass is 10.1. The van der Waals surface area contributed by atoms with E-state index in [0.717, 1.165) is 0 Å². The molecule has 0 unspecified atom stereocenters. The molecule has 0 aliphatic heterocycles. The van der Waals surface area contributed by atoms with Gasteiger partial charge in [0.25, 0.3) is 11.6 Å². The van der Waals surface area contributed by atoms with Crippen LogP contribution in [0.5, 0.6) is 0 Å². The molecule has 2 aromatic rings. The van der Waals surface area contributed by atoms with Gasteiger partial charge in [-0.1, -0.05) is 0 Å². The number of nitro benzene ring substituents is 1. The summed E-state index contributed by atoms with van der Waals surface area (Å²) in [6.07, 6.45) is 1.28. The van der Waals surface area contributed by atoms with E-state index in [1.54, 1.807) is 24.3 Å². The summed E-state index contributed by atoms with van der Waals surface area (Å²) >= 11 is 0. The molecule has 2 rings (SSSR count). The van der Waals surface area contributed by atoms with Crippen molar-refractivity contribution in [3.05, 3.63) is 75.8 Å². The average molecular weight is 340 g/mol. The number of allylic oxidation sites excluding steroid dienone is 1. The SMILES string of the molecule is CC(=O)C=C(NNC(=O)c1ccc(N)cc1)c1ccc([N+](=O)[O-])cc1. The first kappa shape index (κ1) is 17.7. The topological polar surface area (TPSA) is 127 Å². The van der Waals surface area contributed by atoms with Crippen molar-refractivity contribution in [2.75, 3.05) is 5.73 Å². The summed E-state index contributed by atoms with van der Waals surface area (Å²) in [4.78, 5) is 33.7. The molecule has 0 spiro atoms. The third-order valence-electron chi connectivity index (χ3n) is 3.22. The second kappa shape index (κ2) is 7.73. The highest BCUT2D eigenvalue weighted by Gasteiger charge is 2.10. The van der Waals surface area contributed by atoms with Gasteiger partial charge < -0.3 is 5.73 Å². The number of non-ortho nitro benzene ring substituents is 1. The monoisotopic (exact) mass is 340 g/mol. The molecule has 4 N–H and O–H groups in total. The molecule has 1 amide bonds. The summed E-state index contributed by atoms with van der Waals surface area (Å²) in [6.45, 7) is 1.36. The van der Waals surface area contributed by atoms with Gasteiger partial charge in [0.1, 0.15) is 0 Å². The van der Waals surface area contributed by atoms with Crippen molar-refractivity contribution in [1.82, 2.24) is 10.9 Å². The van der Waals surface area contributed by atoms with Gasteiger partial charge in [0.15, 0.2) is 5.78 Å². The minimum Gasteiger partial charge on any atom is -0.399 e. The first-order chi connectivity index (χ1) is 11.9. The first-order valence-corrected chi connectivity index (χ1v) is 7.26. The van der Waals surface area contributed by atoms with E-state index in [1.807, 2.05) is 0 Å². The number of carbonyl (C=O) groups excluding carboxylic acids is 2. The summed E-state index contributed by atoms with van der Waals surface area (Å²) in [5.41, 5.74) is 12.4. The van der Waals surface area contributed by atoms with Crippen LogP contribution in [0.4, 0.5) is 11.4 Å². The Morgan fingerprint density at radius 3 is 2.08 bits per heavy atom. The predicted octanol–water partition coefficient (Wildman–Crippen LogP) is 2.04. The fourth-order valence-corrected chi connectivity index (χ4v) is 1.99. The summed E-state index contributed by atoms with van der Waals surface area (Å²) in [5, 5.41) is 10.7. The van der Waals surface area contributed by atoms with Crippen LogP contribution in [0.15, 0.2) is 54.6 Å². The Labute approximate surface area is 143 Å². The van der Waals surface area contributed by atoms with Gasteiger partial charge in [0.05, 0.1) is 10.6 Å². The number of amides is 1. The molecular formula is C17H16N4O4. The van der Waals surface area contributed by atoms with Gasteiger partial charge in [-0.15, -0.1) is 0 Å². The van der Waals surface area contributed by atoms with Crippen LogP contribution >= 0.6 is 0 Å². The molecule has 0 atom stereocenters. The fourth-order valence-electron chi connectivity index (χ4n) is 1.99. The van der Waals surface area contributed by atoms with Gasteiger partial charge in [-0.3, -0.25) is 30.6 Å². The fraction of sp³-hybridized carbons (Fsp3) is 0.0588. The molecule has 0 bridgehead atoms. The van der Waals surface area contributed by atoms with Gasteiger partial charge in [0.2, 0.25) is 0 Å². The van der Waals surface area contributed by atoms with Gasteiger partial charge in [-0.05, 0) is 43.3 Å². The van der Waals surface area contributed by atoms with Crippen LogP contribution < -0.4 is 16.6 Å². The Balaban J connectivity index is 2.15. The largest absolute Gasteiger partial charge is 0.399 e. The third-order valence-corrected chi connectivity index (χ3v) is 3.22. The maximum Gasteiger partial charge on any atom is 0.269 e. The molecule has 8 heteroatoms. The third kappa shape index (κ3) is 4.90. The minimum atomic E-state index is -0.519. The zero-order valence-corrected chi connectivity index (χ0v) is 13.4. The number of rotatable bonds is 6. The summed E-state index contributed by atoms with van der Waals surface area (Å²) in [5.74, 6) is -0.668. The van der Waals surface area contributed by atoms with E-state index >= 15 is 0 Å². The number of hydrogen-bond acceptors (Lipinski definition) is 6. The maximum absolute atomic E-state index is 12.1. The number of nitro groups is 1. The second-order valence-corrected chi connectivity index (χ2v) is 5.17. The van der Waals surface area contributed by atoms with Crippen molar-refractivity contribution in [1.29, 1.82) is 0 Å². The molecule has 0 heterocycles. The Hall–Kier alpha value is -3.68. The van der Waals surface area contributed by atoms with Crippen molar-refractivity contribution in [2.24, 2.45) is 0 Å². The number of anilines is 1. The van der Waals surface area contributed by atoms with E-state index in [9.17, 15) is 19.7 Å².